The zero-order chi connectivity index (χ0) is 10.1. The van der Waals surface area contributed by atoms with Gasteiger partial charge in [-0.15, -0.1) is 0 Å². The Kier molecular flexibility index (Phi) is 2.30. The molecule has 2 nitrogen and oxygen atoms in total. The zero-order valence-electron chi connectivity index (χ0n) is 7.59. The van der Waals surface area contributed by atoms with Crippen LogP contribution in [0.5, 0.6) is 0 Å². The summed E-state index contributed by atoms with van der Waals surface area (Å²) >= 11 is 5.87. The molecule has 1 aromatic rings. The molecule has 0 bridgehead atoms. The number of aryl methyl sites for hydroxylation is 1. The van der Waals surface area contributed by atoms with Gasteiger partial charge in [-0.05, 0) is 41.7 Å². The van der Waals surface area contributed by atoms with Gasteiger partial charge in [-0.3, -0.25) is 4.79 Å². The summed E-state index contributed by atoms with van der Waals surface area (Å²) in [6.07, 6.45) is 3.31. The summed E-state index contributed by atoms with van der Waals surface area (Å²) in [4.78, 5) is 10.8. The number of allylic oxidation sites excluding steroid dienone is 1. The highest BCUT2D eigenvalue weighted by Crippen LogP contribution is 2.33. The van der Waals surface area contributed by atoms with E-state index in [-0.39, 0.29) is 5.91 Å². The van der Waals surface area contributed by atoms with Gasteiger partial charge in [-0.1, -0.05) is 17.7 Å². The standard InChI is InChI=1S/C11H10ClNO/c12-9-3-4-10-7(5-9)1-2-8(10)6-11(13)14/h3-6H,1-2H2,(H2,13,14)/b8-6-. The van der Waals surface area contributed by atoms with Crippen molar-refractivity contribution in [3.63, 3.8) is 0 Å². The van der Waals surface area contributed by atoms with Crippen LogP contribution in [0.2, 0.25) is 5.02 Å². The lowest BCUT2D eigenvalue weighted by Crippen LogP contribution is -2.06. The molecule has 0 atom stereocenters. The normalized spacial score (nSPS) is 17.1. The van der Waals surface area contributed by atoms with Crippen molar-refractivity contribution in [2.24, 2.45) is 5.73 Å². The van der Waals surface area contributed by atoms with Crippen LogP contribution in [0, 0.1) is 0 Å². The molecule has 0 aromatic heterocycles. The predicted octanol–water partition coefficient (Wildman–Crippen LogP) is 2.15. The van der Waals surface area contributed by atoms with Crippen LogP contribution in [-0.2, 0) is 11.2 Å². The fraction of sp³-hybridized carbons (Fsp3) is 0.182. The van der Waals surface area contributed by atoms with E-state index in [2.05, 4.69) is 0 Å². The lowest BCUT2D eigenvalue weighted by Gasteiger charge is -2.00. The molecule has 0 heterocycles. The molecule has 0 unspecified atom stereocenters. The van der Waals surface area contributed by atoms with Gasteiger partial charge in [-0.25, -0.2) is 0 Å². The Hall–Kier alpha value is -1.28. The Labute approximate surface area is 87.4 Å². The fourth-order valence-electron chi connectivity index (χ4n) is 1.81. The lowest BCUT2D eigenvalue weighted by atomic mass is 10.1. The summed E-state index contributed by atoms with van der Waals surface area (Å²) < 4.78 is 0. The number of carbonyl (C=O) groups excluding carboxylic acids is 1. The van der Waals surface area contributed by atoms with E-state index < -0.39 is 0 Å². The van der Waals surface area contributed by atoms with Crippen molar-refractivity contribution < 1.29 is 4.79 Å². The molecule has 2 N–H and O–H groups in total. The van der Waals surface area contributed by atoms with E-state index in [0.29, 0.717) is 0 Å². The highest BCUT2D eigenvalue weighted by molar-refractivity contribution is 6.30. The third kappa shape index (κ3) is 1.66. The van der Waals surface area contributed by atoms with Crippen molar-refractivity contribution in [1.82, 2.24) is 0 Å². The van der Waals surface area contributed by atoms with E-state index >= 15 is 0 Å². The van der Waals surface area contributed by atoms with Crippen LogP contribution in [0.1, 0.15) is 17.5 Å². The Bertz CT molecular complexity index is 423. The number of hydrogen-bond donors (Lipinski definition) is 1. The van der Waals surface area contributed by atoms with E-state index in [1.54, 1.807) is 0 Å². The third-order valence-corrected chi connectivity index (χ3v) is 2.63. The van der Waals surface area contributed by atoms with Crippen LogP contribution in [0.25, 0.3) is 5.57 Å². The largest absolute Gasteiger partial charge is 0.366 e. The SMILES string of the molecule is NC(=O)/C=C1/CCc2cc(Cl)ccc21. The average molecular weight is 208 g/mol. The summed E-state index contributed by atoms with van der Waals surface area (Å²) in [5, 5.41) is 0.740. The van der Waals surface area contributed by atoms with Gasteiger partial charge in [0.25, 0.3) is 0 Å². The average Bonchev–Trinajstić information content (AvgIpc) is 2.47. The van der Waals surface area contributed by atoms with Crippen LogP contribution < -0.4 is 5.73 Å². The Morgan fingerprint density at radius 2 is 2.21 bits per heavy atom. The summed E-state index contributed by atoms with van der Waals surface area (Å²) in [5.74, 6) is -0.386. The maximum Gasteiger partial charge on any atom is 0.241 e. The first kappa shape index (κ1) is 9.28. The van der Waals surface area contributed by atoms with Crippen molar-refractivity contribution in [2.45, 2.75) is 12.8 Å². The molecule has 1 aromatic carbocycles. The zero-order valence-corrected chi connectivity index (χ0v) is 8.34. The maximum absolute atomic E-state index is 10.8. The first-order valence-corrected chi connectivity index (χ1v) is 4.83. The van der Waals surface area contributed by atoms with Crippen LogP contribution in [0.15, 0.2) is 24.3 Å². The van der Waals surface area contributed by atoms with Crippen LogP contribution in [0.4, 0.5) is 0 Å². The second kappa shape index (κ2) is 3.46. The first-order chi connectivity index (χ1) is 6.66. The van der Waals surface area contributed by atoms with Gasteiger partial charge in [0.1, 0.15) is 0 Å². The molecule has 0 aliphatic heterocycles. The number of nitrogens with two attached hydrogens (primary N) is 1. The number of halogens is 1. The smallest absolute Gasteiger partial charge is 0.241 e. The number of fused-ring (bicyclic) bond motifs is 1. The minimum absolute atomic E-state index is 0.386. The molecule has 1 aliphatic carbocycles. The lowest BCUT2D eigenvalue weighted by molar-refractivity contribution is -0.113. The van der Waals surface area contributed by atoms with E-state index in [1.165, 1.54) is 11.6 Å². The molecule has 0 spiro atoms. The summed E-state index contributed by atoms with van der Waals surface area (Å²) in [6.45, 7) is 0. The number of benzene rings is 1. The highest BCUT2D eigenvalue weighted by Gasteiger charge is 2.16. The Morgan fingerprint density at radius 1 is 1.43 bits per heavy atom. The Morgan fingerprint density at radius 3 is 2.93 bits per heavy atom. The molecular formula is C11H10ClNO. The summed E-state index contributed by atoms with van der Waals surface area (Å²) in [7, 11) is 0. The van der Waals surface area contributed by atoms with E-state index in [0.717, 1.165) is 29.0 Å². The predicted molar refractivity (Wildman–Crippen MR) is 56.9 cm³/mol. The van der Waals surface area contributed by atoms with Crippen molar-refractivity contribution in [3.05, 3.63) is 40.4 Å². The van der Waals surface area contributed by atoms with E-state index in [1.807, 2.05) is 18.2 Å². The third-order valence-electron chi connectivity index (χ3n) is 2.39. The molecule has 0 radical (unpaired) electrons. The molecule has 1 amide bonds. The van der Waals surface area contributed by atoms with Crippen molar-refractivity contribution >= 4 is 23.1 Å². The topological polar surface area (TPSA) is 43.1 Å². The van der Waals surface area contributed by atoms with E-state index in [4.69, 9.17) is 17.3 Å². The van der Waals surface area contributed by atoms with Gasteiger partial charge in [0, 0.05) is 11.1 Å². The molecule has 1 aliphatic rings. The van der Waals surface area contributed by atoms with Gasteiger partial charge in [0.15, 0.2) is 0 Å². The van der Waals surface area contributed by atoms with Gasteiger partial charge < -0.3 is 5.73 Å². The van der Waals surface area contributed by atoms with Gasteiger partial charge in [0.2, 0.25) is 5.91 Å². The molecule has 72 valence electrons. The molecule has 0 saturated heterocycles. The van der Waals surface area contributed by atoms with Crippen LogP contribution in [0.3, 0.4) is 0 Å². The number of carbonyl (C=O) groups is 1. The number of rotatable bonds is 1. The maximum atomic E-state index is 10.8. The molecule has 0 fully saturated rings. The van der Waals surface area contributed by atoms with Crippen molar-refractivity contribution in [1.29, 1.82) is 0 Å². The number of amides is 1. The quantitative estimate of drug-likeness (QED) is 0.705. The summed E-state index contributed by atoms with van der Waals surface area (Å²) in [5.41, 5.74) is 8.44. The minimum Gasteiger partial charge on any atom is -0.366 e. The second-order valence-corrected chi connectivity index (χ2v) is 3.81. The van der Waals surface area contributed by atoms with Crippen LogP contribution in [-0.4, -0.2) is 5.91 Å². The molecule has 3 heteroatoms. The Balaban J connectivity index is 2.45. The molecule has 0 saturated carbocycles. The van der Waals surface area contributed by atoms with Crippen molar-refractivity contribution in [3.8, 4) is 0 Å². The monoisotopic (exact) mass is 207 g/mol. The minimum atomic E-state index is -0.386. The van der Waals surface area contributed by atoms with Gasteiger partial charge in [-0.2, -0.15) is 0 Å². The van der Waals surface area contributed by atoms with Crippen LogP contribution >= 0.6 is 11.6 Å². The second-order valence-electron chi connectivity index (χ2n) is 3.37. The highest BCUT2D eigenvalue weighted by atomic mass is 35.5. The number of hydrogen-bond acceptors (Lipinski definition) is 1. The molecule has 14 heavy (non-hydrogen) atoms. The first-order valence-electron chi connectivity index (χ1n) is 4.45. The van der Waals surface area contributed by atoms with Gasteiger partial charge in [0.05, 0.1) is 0 Å². The number of primary amides is 1. The molecule has 2 rings (SSSR count). The van der Waals surface area contributed by atoms with Gasteiger partial charge >= 0.3 is 0 Å². The molecular weight excluding hydrogens is 198 g/mol. The van der Waals surface area contributed by atoms with Crippen molar-refractivity contribution in [2.75, 3.05) is 0 Å². The fourth-order valence-corrected chi connectivity index (χ4v) is 2.00. The summed E-state index contributed by atoms with van der Waals surface area (Å²) in [6, 6.07) is 5.72. The van der Waals surface area contributed by atoms with E-state index in [9.17, 15) is 4.79 Å².